The minimum atomic E-state index is 0.593. The Morgan fingerprint density at radius 1 is 1.67 bits per heavy atom. The van der Waals surface area contributed by atoms with Crippen molar-refractivity contribution in [3.63, 3.8) is 0 Å². The third-order valence-corrected chi connectivity index (χ3v) is 4.09. The maximum Gasteiger partial charge on any atom is 0.0794 e. The van der Waals surface area contributed by atoms with Crippen LogP contribution in [-0.4, -0.2) is 36.6 Å². The predicted octanol–water partition coefficient (Wildman–Crippen LogP) is 1.75. The van der Waals surface area contributed by atoms with Crippen molar-refractivity contribution < 1.29 is 0 Å². The smallest absolute Gasteiger partial charge is 0.0794 e. The molecule has 0 amide bonds. The molecule has 0 saturated carbocycles. The standard InChI is InChI=1S/C11H19N3S/c1-3-14-5-4-9(6-12-2)11(14)10-7-13-8-15-10/h7-9,11-12H,3-6H2,1-2H3. The molecule has 3 nitrogen and oxygen atoms in total. The number of nitrogens with one attached hydrogen (secondary N) is 1. The van der Waals surface area contributed by atoms with Crippen molar-refractivity contribution >= 4 is 11.3 Å². The van der Waals surface area contributed by atoms with Crippen LogP contribution in [0.4, 0.5) is 0 Å². The van der Waals surface area contributed by atoms with Crippen molar-refractivity contribution in [1.29, 1.82) is 0 Å². The Kier molecular flexibility index (Phi) is 3.72. The quantitative estimate of drug-likeness (QED) is 0.846. The van der Waals surface area contributed by atoms with Crippen LogP contribution in [0, 0.1) is 5.92 Å². The number of likely N-dealkylation sites (tertiary alicyclic amines) is 1. The normalized spacial score (nSPS) is 27.3. The van der Waals surface area contributed by atoms with Crippen molar-refractivity contribution in [3.05, 3.63) is 16.6 Å². The van der Waals surface area contributed by atoms with Crippen LogP contribution in [0.5, 0.6) is 0 Å². The second-order valence-electron chi connectivity index (χ2n) is 4.08. The van der Waals surface area contributed by atoms with Crippen molar-refractivity contribution in [1.82, 2.24) is 15.2 Å². The lowest BCUT2D eigenvalue weighted by Gasteiger charge is -2.25. The minimum Gasteiger partial charge on any atom is -0.319 e. The van der Waals surface area contributed by atoms with Crippen molar-refractivity contribution in [2.24, 2.45) is 5.92 Å². The molecule has 1 aliphatic heterocycles. The fraction of sp³-hybridized carbons (Fsp3) is 0.727. The predicted molar refractivity (Wildman–Crippen MR) is 64.1 cm³/mol. The third-order valence-electron chi connectivity index (χ3n) is 3.24. The molecular formula is C11H19N3S. The Morgan fingerprint density at radius 2 is 2.53 bits per heavy atom. The molecule has 1 aromatic rings. The molecule has 2 rings (SSSR count). The number of rotatable bonds is 4. The van der Waals surface area contributed by atoms with Crippen LogP contribution in [0.3, 0.4) is 0 Å². The van der Waals surface area contributed by atoms with Gasteiger partial charge in [0.1, 0.15) is 0 Å². The molecule has 1 aliphatic rings. The summed E-state index contributed by atoms with van der Waals surface area (Å²) in [4.78, 5) is 8.19. The molecule has 2 unspecified atom stereocenters. The zero-order valence-electron chi connectivity index (χ0n) is 9.44. The van der Waals surface area contributed by atoms with Crippen LogP contribution in [0.15, 0.2) is 11.7 Å². The molecule has 1 fully saturated rings. The number of aromatic nitrogens is 1. The molecule has 15 heavy (non-hydrogen) atoms. The molecule has 0 spiro atoms. The van der Waals surface area contributed by atoms with Crippen LogP contribution in [0.25, 0.3) is 0 Å². The number of nitrogens with zero attached hydrogens (tertiary/aromatic N) is 2. The van der Waals surface area contributed by atoms with Gasteiger partial charge >= 0.3 is 0 Å². The highest BCUT2D eigenvalue weighted by Crippen LogP contribution is 2.37. The van der Waals surface area contributed by atoms with Gasteiger partial charge in [-0.25, -0.2) is 0 Å². The molecular weight excluding hydrogens is 206 g/mol. The first-order valence-electron chi connectivity index (χ1n) is 5.63. The first-order valence-corrected chi connectivity index (χ1v) is 6.51. The fourth-order valence-electron chi connectivity index (χ4n) is 2.54. The molecule has 84 valence electrons. The van der Waals surface area contributed by atoms with Crippen LogP contribution in [-0.2, 0) is 0 Å². The maximum atomic E-state index is 4.20. The van der Waals surface area contributed by atoms with Crippen molar-refractivity contribution in [2.45, 2.75) is 19.4 Å². The third kappa shape index (κ3) is 2.22. The zero-order chi connectivity index (χ0) is 10.7. The number of hydrogen-bond donors (Lipinski definition) is 1. The fourth-order valence-corrected chi connectivity index (χ4v) is 3.39. The largest absolute Gasteiger partial charge is 0.319 e. The van der Waals surface area contributed by atoms with Gasteiger partial charge in [-0.3, -0.25) is 9.88 Å². The molecule has 2 atom stereocenters. The number of hydrogen-bond acceptors (Lipinski definition) is 4. The highest BCUT2D eigenvalue weighted by molar-refractivity contribution is 7.09. The Hall–Kier alpha value is -0.450. The van der Waals surface area contributed by atoms with Crippen molar-refractivity contribution in [3.8, 4) is 0 Å². The van der Waals surface area contributed by atoms with Gasteiger partial charge in [0.25, 0.3) is 0 Å². The van der Waals surface area contributed by atoms with Crippen molar-refractivity contribution in [2.75, 3.05) is 26.7 Å². The first-order chi connectivity index (χ1) is 7.36. The van der Waals surface area contributed by atoms with Crippen LogP contribution in [0.2, 0.25) is 0 Å². The molecule has 1 aromatic heterocycles. The van der Waals surface area contributed by atoms with Gasteiger partial charge in [0.2, 0.25) is 0 Å². The van der Waals surface area contributed by atoms with E-state index in [0.29, 0.717) is 6.04 Å². The summed E-state index contributed by atoms with van der Waals surface area (Å²) in [6.45, 7) is 5.73. The van der Waals surface area contributed by atoms with Gasteiger partial charge in [0, 0.05) is 17.1 Å². The molecule has 0 bridgehead atoms. The zero-order valence-corrected chi connectivity index (χ0v) is 10.3. The highest BCUT2D eigenvalue weighted by Gasteiger charge is 2.34. The van der Waals surface area contributed by atoms with E-state index in [1.165, 1.54) is 17.8 Å². The lowest BCUT2D eigenvalue weighted by molar-refractivity contribution is 0.241. The van der Waals surface area contributed by atoms with E-state index in [1.54, 1.807) is 11.3 Å². The van der Waals surface area contributed by atoms with Crippen LogP contribution in [0.1, 0.15) is 24.3 Å². The topological polar surface area (TPSA) is 28.2 Å². The van der Waals surface area contributed by atoms with E-state index in [9.17, 15) is 0 Å². The summed E-state index contributed by atoms with van der Waals surface area (Å²) < 4.78 is 0. The minimum absolute atomic E-state index is 0.593. The van der Waals surface area contributed by atoms with E-state index in [2.05, 4.69) is 22.1 Å². The summed E-state index contributed by atoms with van der Waals surface area (Å²) >= 11 is 1.79. The second kappa shape index (κ2) is 5.05. The summed E-state index contributed by atoms with van der Waals surface area (Å²) in [5.41, 5.74) is 1.94. The van der Waals surface area contributed by atoms with E-state index in [-0.39, 0.29) is 0 Å². The van der Waals surface area contributed by atoms with E-state index in [4.69, 9.17) is 0 Å². The summed E-state index contributed by atoms with van der Waals surface area (Å²) in [5, 5.41) is 3.30. The first kappa shape index (κ1) is 11.0. The lowest BCUT2D eigenvalue weighted by atomic mass is 9.99. The van der Waals surface area contributed by atoms with E-state index >= 15 is 0 Å². The van der Waals surface area contributed by atoms with Gasteiger partial charge in [-0.2, -0.15) is 0 Å². The van der Waals surface area contributed by atoms with Gasteiger partial charge < -0.3 is 5.32 Å². The summed E-state index contributed by atoms with van der Waals surface area (Å²) in [6, 6.07) is 0.593. The van der Waals surface area contributed by atoms with Gasteiger partial charge in [0.15, 0.2) is 0 Å². The molecule has 1 N–H and O–H groups in total. The number of thiazole rings is 1. The summed E-state index contributed by atoms with van der Waals surface area (Å²) in [6.07, 6.45) is 3.34. The van der Waals surface area contributed by atoms with Crippen LogP contribution < -0.4 is 5.32 Å². The Balaban J connectivity index is 2.15. The molecule has 2 heterocycles. The summed E-state index contributed by atoms with van der Waals surface area (Å²) in [7, 11) is 2.04. The molecule has 1 saturated heterocycles. The van der Waals surface area contributed by atoms with Gasteiger partial charge in [-0.15, -0.1) is 11.3 Å². The lowest BCUT2D eigenvalue weighted by Crippen LogP contribution is -2.28. The molecule has 0 aliphatic carbocycles. The SMILES string of the molecule is CCN1CCC(CNC)C1c1cncs1. The van der Waals surface area contributed by atoms with E-state index in [1.807, 2.05) is 18.8 Å². The average molecular weight is 225 g/mol. The molecule has 0 radical (unpaired) electrons. The average Bonchev–Trinajstić information content (AvgIpc) is 2.85. The van der Waals surface area contributed by atoms with Gasteiger partial charge in [0.05, 0.1) is 5.51 Å². The van der Waals surface area contributed by atoms with Crippen LogP contribution >= 0.6 is 11.3 Å². The maximum absolute atomic E-state index is 4.20. The van der Waals surface area contributed by atoms with Gasteiger partial charge in [-0.1, -0.05) is 6.92 Å². The Bertz CT molecular complexity index is 286. The second-order valence-corrected chi connectivity index (χ2v) is 5.00. The van der Waals surface area contributed by atoms with E-state index in [0.717, 1.165) is 19.0 Å². The molecule has 4 heteroatoms. The highest BCUT2D eigenvalue weighted by atomic mass is 32.1. The van der Waals surface area contributed by atoms with E-state index < -0.39 is 0 Å². The Morgan fingerprint density at radius 3 is 3.13 bits per heavy atom. The Labute approximate surface area is 95.5 Å². The monoisotopic (exact) mass is 225 g/mol. The summed E-state index contributed by atoms with van der Waals surface area (Å²) in [5.74, 6) is 0.746. The molecule has 0 aromatic carbocycles. The van der Waals surface area contributed by atoms with Gasteiger partial charge in [-0.05, 0) is 39.0 Å².